The molecule has 4 saturated carbocycles. The molecule has 206 valence electrons. The Balaban J connectivity index is 1.51. The first-order chi connectivity index (χ1) is 16.9. The molecule has 0 saturated heterocycles. The Hall–Kier alpha value is -0.750. The average Bonchev–Trinajstić information content (AvgIpc) is 3.19. The molecule has 4 fully saturated rings. The normalized spacial score (nSPS) is 44.5. The van der Waals surface area contributed by atoms with E-state index in [1.54, 1.807) is 11.8 Å². The molecule has 5 nitrogen and oxygen atoms in total. The predicted octanol–water partition coefficient (Wildman–Crippen LogP) is 5.99. The van der Waals surface area contributed by atoms with Crippen LogP contribution in [0.25, 0.3) is 0 Å². The van der Waals surface area contributed by atoms with Crippen molar-refractivity contribution in [2.75, 3.05) is 12.8 Å². The molecule has 4 rings (SSSR count). The molecular weight excluding hydrogens is 470 g/mol. The fourth-order valence-electron chi connectivity index (χ4n) is 10.3. The Morgan fingerprint density at radius 3 is 2.36 bits per heavy atom. The number of rotatable bonds is 8. The molecule has 3 N–H and O–H groups in total. The number of fused-ring (bicyclic) bond motifs is 5. The summed E-state index contributed by atoms with van der Waals surface area (Å²) >= 11 is 1.56. The molecule has 0 heterocycles. The van der Waals surface area contributed by atoms with E-state index >= 15 is 0 Å². The van der Waals surface area contributed by atoms with Gasteiger partial charge in [-0.3, -0.25) is 9.59 Å². The van der Waals surface area contributed by atoms with Crippen LogP contribution in [0.4, 0.5) is 0 Å². The number of amides is 1. The van der Waals surface area contributed by atoms with E-state index < -0.39 is 10.7 Å². The summed E-state index contributed by atoms with van der Waals surface area (Å²) in [5.74, 6) is 3.67. The van der Waals surface area contributed by atoms with E-state index in [-0.39, 0.29) is 18.6 Å². The van der Waals surface area contributed by atoms with Crippen LogP contribution in [-0.4, -0.2) is 45.7 Å². The fourth-order valence-corrected chi connectivity index (χ4v) is 11.0. The van der Waals surface area contributed by atoms with Gasteiger partial charge in [-0.2, -0.15) is 0 Å². The minimum absolute atomic E-state index is 0.0994. The first-order valence-electron chi connectivity index (χ1n) is 14.6. The molecule has 4 aliphatic rings. The third kappa shape index (κ3) is 4.76. The van der Waals surface area contributed by atoms with Crippen LogP contribution in [0.2, 0.25) is 0 Å². The molecule has 0 aliphatic heterocycles. The SMILES string of the molecule is CCC1CC2C3CCC(C(C)CC(C)(SC)C(=O)NCC(=O)O)C3(C)CCC2C2(C)CCC(O)CC12. The zero-order valence-corrected chi connectivity index (χ0v) is 24.3. The van der Waals surface area contributed by atoms with Crippen molar-refractivity contribution in [1.29, 1.82) is 0 Å². The van der Waals surface area contributed by atoms with Crippen LogP contribution in [0, 0.1) is 52.3 Å². The molecule has 11 atom stereocenters. The summed E-state index contributed by atoms with van der Waals surface area (Å²) in [6, 6.07) is 0. The van der Waals surface area contributed by atoms with Gasteiger partial charge in [-0.05, 0) is 123 Å². The highest BCUT2D eigenvalue weighted by Gasteiger charge is 2.62. The van der Waals surface area contributed by atoms with Gasteiger partial charge in [0.25, 0.3) is 0 Å². The van der Waals surface area contributed by atoms with E-state index in [0.29, 0.717) is 28.6 Å². The van der Waals surface area contributed by atoms with Gasteiger partial charge >= 0.3 is 5.97 Å². The van der Waals surface area contributed by atoms with Gasteiger partial charge < -0.3 is 15.5 Å². The average molecular weight is 522 g/mol. The lowest BCUT2D eigenvalue weighted by Gasteiger charge is -2.63. The van der Waals surface area contributed by atoms with Gasteiger partial charge in [-0.15, -0.1) is 11.8 Å². The monoisotopic (exact) mass is 521 g/mol. The van der Waals surface area contributed by atoms with Gasteiger partial charge in [-0.25, -0.2) is 0 Å². The number of carbonyl (C=O) groups is 2. The predicted molar refractivity (Wildman–Crippen MR) is 147 cm³/mol. The number of aliphatic carboxylic acids is 1. The van der Waals surface area contributed by atoms with Crippen molar-refractivity contribution in [3.05, 3.63) is 0 Å². The van der Waals surface area contributed by atoms with E-state index in [2.05, 4.69) is 33.0 Å². The van der Waals surface area contributed by atoms with Gasteiger partial charge in [0.15, 0.2) is 0 Å². The standard InChI is InChI=1S/C30H51NO4S/c1-7-19-14-21-23-9-8-22(18(2)16-30(5,36-6)27(35)31-17-26(33)34)28(23,3)13-11-24(21)29(4)12-10-20(32)15-25(19)29/h18-25,32H,7-17H2,1-6H3,(H,31,35)(H,33,34). The van der Waals surface area contributed by atoms with Crippen LogP contribution in [0.5, 0.6) is 0 Å². The largest absolute Gasteiger partial charge is 0.480 e. The van der Waals surface area contributed by atoms with Crippen molar-refractivity contribution < 1.29 is 19.8 Å². The lowest BCUT2D eigenvalue weighted by atomic mass is 9.42. The number of aliphatic hydroxyl groups excluding tert-OH is 1. The van der Waals surface area contributed by atoms with Gasteiger partial charge in [0, 0.05) is 0 Å². The second-order valence-corrected chi connectivity index (χ2v) is 15.1. The number of hydrogen-bond acceptors (Lipinski definition) is 4. The number of carboxylic acids is 1. The van der Waals surface area contributed by atoms with Gasteiger partial charge in [0.1, 0.15) is 6.54 Å². The van der Waals surface area contributed by atoms with E-state index in [1.165, 1.54) is 44.9 Å². The van der Waals surface area contributed by atoms with Gasteiger partial charge in [0.2, 0.25) is 5.91 Å². The fraction of sp³-hybridized carbons (Fsp3) is 0.933. The third-order valence-electron chi connectivity index (χ3n) is 12.1. The number of hydrogen-bond donors (Lipinski definition) is 3. The summed E-state index contributed by atoms with van der Waals surface area (Å²) in [6.07, 6.45) is 13.6. The van der Waals surface area contributed by atoms with Crippen molar-refractivity contribution in [2.45, 2.75) is 110 Å². The molecule has 11 unspecified atom stereocenters. The van der Waals surface area contributed by atoms with Crippen molar-refractivity contribution in [3.63, 3.8) is 0 Å². The highest BCUT2D eigenvalue weighted by atomic mass is 32.2. The van der Waals surface area contributed by atoms with E-state index in [9.17, 15) is 14.7 Å². The maximum Gasteiger partial charge on any atom is 0.322 e. The van der Waals surface area contributed by atoms with Crippen LogP contribution in [0.3, 0.4) is 0 Å². The number of thioether (sulfide) groups is 1. The molecule has 36 heavy (non-hydrogen) atoms. The highest BCUT2D eigenvalue weighted by Crippen LogP contribution is 2.69. The molecule has 0 aromatic heterocycles. The number of carboxylic acid groups (broad SMARTS) is 1. The summed E-state index contributed by atoms with van der Waals surface area (Å²) < 4.78 is -0.609. The van der Waals surface area contributed by atoms with Crippen LogP contribution in [0.15, 0.2) is 0 Å². The molecule has 0 aromatic carbocycles. The number of aliphatic hydroxyl groups is 1. The van der Waals surface area contributed by atoms with Crippen molar-refractivity contribution in [3.8, 4) is 0 Å². The van der Waals surface area contributed by atoms with Crippen LogP contribution < -0.4 is 5.32 Å². The topological polar surface area (TPSA) is 86.6 Å². The quantitative estimate of drug-likeness (QED) is 0.365. The summed E-state index contributed by atoms with van der Waals surface area (Å²) in [5, 5.41) is 22.2. The zero-order chi connectivity index (χ0) is 26.5. The Morgan fingerprint density at radius 2 is 1.72 bits per heavy atom. The summed E-state index contributed by atoms with van der Waals surface area (Å²) in [4.78, 5) is 24.0. The minimum atomic E-state index is -0.996. The van der Waals surface area contributed by atoms with E-state index in [1.807, 2.05) is 13.2 Å². The molecule has 4 aliphatic carbocycles. The molecule has 6 heteroatoms. The lowest BCUT2D eigenvalue weighted by Crippen LogP contribution is -2.57. The summed E-state index contributed by atoms with van der Waals surface area (Å²) in [7, 11) is 0. The van der Waals surface area contributed by atoms with Crippen molar-refractivity contribution in [1.82, 2.24) is 5.32 Å². The summed E-state index contributed by atoms with van der Waals surface area (Å²) in [5.41, 5.74) is 0.709. The Bertz CT molecular complexity index is 836. The van der Waals surface area contributed by atoms with Crippen molar-refractivity contribution in [2.24, 2.45) is 52.3 Å². The smallest absolute Gasteiger partial charge is 0.322 e. The Morgan fingerprint density at radius 1 is 1.06 bits per heavy atom. The van der Waals surface area contributed by atoms with Crippen LogP contribution in [0.1, 0.15) is 98.8 Å². The van der Waals surface area contributed by atoms with E-state index in [4.69, 9.17) is 5.11 Å². The molecule has 0 spiro atoms. The molecule has 0 bridgehead atoms. The maximum absolute atomic E-state index is 12.9. The number of carbonyl (C=O) groups excluding carboxylic acids is 1. The van der Waals surface area contributed by atoms with E-state index in [0.717, 1.165) is 42.9 Å². The first-order valence-corrected chi connectivity index (χ1v) is 15.8. The number of nitrogens with one attached hydrogen (secondary N) is 1. The minimum Gasteiger partial charge on any atom is -0.480 e. The molecular formula is C30H51NO4S. The van der Waals surface area contributed by atoms with Crippen LogP contribution >= 0.6 is 11.8 Å². The van der Waals surface area contributed by atoms with Gasteiger partial charge in [-0.1, -0.05) is 34.1 Å². The van der Waals surface area contributed by atoms with Crippen molar-refractivity contribution >= 4 is 23.6 Å². The second-order valence-electron chi connectivity index (χ2n) is 13.7. The lowest BCUT2D eigenvalue weighted by molar-refractivity contribution is -0.152. The summed E-state index contributed by atoms with van der Waals surface area (Å²) in [6.45, 7) is 11.5. The Labute approximate surface area is 223 Å². The third-order valence-corrected chi connectivity index (χ3v) is 13.4. The highest BCUT2D eigenvalue weighted by molar-refractivity contribution is 8.00. The Kier molecular flexibility index (Phi) is 8.19. The molecule has 0 aromatic rings. The van der Waals surface area contributed by atoms with Gasteiger partial charge in [0.05, 0.1) is 10.9 Å². The molecule has 1 amide bonds. The zero-order valence-electron chi connectivity index (χ0n) is 23.5. The molecule has 0 radical (unpaired) electrons. The maximum atomic E-state index is 12.9. The van der Waals surface area contributed by atoms with Crippen LogP contribution in [-0.2, 0) is 9.59 Å². The second kappa shape index (κ2) is 10.4. The first kappa shape index (κ1) is 28.3.